The minimum Gasteiger partial charge on any atom is -0.445 e. The van der Waals surface area contributed by atoms with Crippen LogP contribution in [0.1, 0.15) is 25.8 Å². The number of aliphatic hydroxyl groups is 1. The van der Waals surface area contributed by atoms with Crippen LogP contribution in [-0.2, 0) is 16.1 Å². The van der Waals surface area contributed by atoms with Gasteiger partial charge in [0.2, 0.25) is 5.91 Å². The SMILES string of the molecule is CC[C@H](C)[C@H](NC(=O)OCc1ccccc1)C(=O)NCCO. The lowest BCUT2D eigenvalue weighted by molar-refractivity contribution is -0.124. The van der Waals surface area contributed by atoms with E-state index in [1.165, 1.54) is 0 Å². The molecule has 2 amide bonds. The van der Waals surface area contributed by atoms with Crippen LogP contribution in [0, 0.1) is 5.92 Å². The number of nitrogens with one attached hydrogen (secondary N) is 2. The smallest absolute Gasteiger partial charge is 0.408 e. The van der Waals surface area contributed by atoms with E-state index in [4.69, 9.17) is 9.84 Å². The third kappa shape index (κ3) is 6.13. The summed E-state index contributed by atoms with van der Waals surface area (Å²) < 4.78 is 5.13. The minimum absolute atomic E-state index is 0.0389. The highest BCUT2D eigenvalue weighted by Crippen LogP contribution is 2.09. The largest absolute Gasteiger partial charge is 0.445 e. The molecular formula is C16H24N2O4. The first-order valence-corrected chi connectivity index (χ1v) is 7.44. The fraction of sp³-hybridized carbons (Fsp3) is 0.500. The Morgan fingerprint density at radius 3 is 2.55 bits per heavy atom. The molecule has 0 unspecified atom stereocenters. The topological polar surface area (TPSA) is 87.7 Å². The van der Waals surface area contributed by atoms with Gasteiger partial charge in [-0.1, -0.05) is 50.6 Å². The average Bonchev–Trinajstić information content (AvgIpc) is 2.55. The highest BCUT2D eigenvalue weighted by atomic mass is 16.5. The van der Waals surface area contributed by atoms with Crippen molar-refractivity contribution < 1.29 is 19.4 Å². The Morgan fingerprint density at radius 2 is 1.95 bits per heavy atom. The molecule has 22 heavy (non-hydrogen) atoms. The van der Waals surface area contributed by atoms with E-state index in [1.807, 2.05) is 44.2 Å². The number of alkyl carbamates (subject to hydrolysis) is 1. The molecule has 0 aliphatic rings. The summed E-state index contributed by atoms with van der Waals surface area (Å²) in [5, 5.41) is 13.9. The van der Waals surface area contributed by atoms with Gasteiger partial charge < -0.3 is 20.5 Å². The lowest BCUT2D eigenvalue weighted by Gasteiger charge is -2.23. The Kier molecular flexibility index (Phi) is 7.99. The van der Waals surface area contributed by atoms with Crippen LogP contribution in [0.5, 0.6) is 0 Å². The van der Waals surface area contributed by atoms with Crippen LogP contribution in [0.2, 0.25) is 0 Å². The first kappa shape index (κ1) is 18.0. The summed E-state index contributed by atoms with van der Waals surface area (Å²) in [6.07, 6.45) is 0.101. The number of rotatable bonds is 8. The third-order valence-corrected chi connectivity index (χ3v) is 3.39. The van der Waals surface area contributed by atoms with Gasteiger partial charge in [0, 0.05) is 6.54 Å². The van der Waals surface area contributed by atoms with E-state index in [0.29, 0.717) is 0 Å². The number of carbonyl (C=O) groups is 2. The number of carbonyl (C=O) groups excluding carboxylic acids is 2. The summed E-state index contributed by atoms with van der Waals surface area (Å²) in [6.45, 7) is 3.98. The Hall–Kier alpha value is -2.08. The van der Waals surface area contributed by atoms with E-state index in [-0.39, 0.29) is 31.6 Å². The maximum absolute atomic E-state index is 12.0. The number of hydrogen-bond donors (Lipinski definition) is 3. The van der Waals surface area contributed by atoms with Crippen LogP contribution in [0.15, 0.2) is 30.3 Å². The van der Waals surface area contributed by atoms with Gasteiger partial charge in [-0.15, -0.1) is 0 Å². The fourth-order valence-corrected chi connectivity index (χ4v) is 1.88. The van der Waals surface area contributed by atoms with E-state index in [0.717, 1.165) is 12.0 Å². The van der Waals surface area contributed by atoms with Gasteiger partial charge in [-0.2, -0.15) is 0 Å². The highest BCUT2D eigenvalue weighted by Gasteiger charge is 2.26. The van der Waals surface area contributed by atoms with Gasteiger partial charge in [-0.05, 0) is 11.5 Å². The summed E-state index contributed by atoms with van der Waals surface area (Å²) >= 11 is 0. The van der Waals surface area contributed by atoms with Crippen molar-refractivity contribution in [1.82, 2.24) is 10.6 Å². The molecule has 0 aromatic heterocycles. The quantitative estimate of drug-likeness (QED) is 0.678. The van der Waals surface area contributed by atoms with Crippen molar-refractivity contribution in [3.8, 4) is 0 Å². The van der Waals surface area contributed by atoms with Gasteiger partial charge >= 0.3 is 6.09 Å². The Morgan fingerprint density at radius 1 is 1.27 bits per heavy atom. The summed E-state index contributed by atoms with van der Waals surface area (Å²) in [4.78, 5) is 23.9. The average molecular weight is 308 g/mol. The van der Waals surface area contributed by atoms with Gasteiger partial charge in [-0.3, -0.25) is 4.79 Å². The van der Waals surface area contributed by atoms with Gasteiger partial charge in [0.25, 0.3) is 0 Å². The number of hydrogen-bond acceptors (Lipinski definition) is 4. The summed E-state index contributed by atoms with van der Waals surface area (Å²) in [5.74, 6) is -0.358. The van der Waals surface area contributed by atoms with E-state index in [2.05, 4.69) is 10.6 Å². The lowest BCUT2D eigenvalue weighted by atomic mass is 9.98. The molecule has 0 saturated heterocycles. The number of aliphatic hydroxyl groups excluding tert-OH is 1. The summed E-state index contributed by atoms with van der Waals surface area (Å²) in [6, 6.07) is 8.64. The normalized spacial score (nSPS) is 13.0. The van der Waals surface area contributed by atoms with Crippen molar-refractivity contribution in [2.24, 2.45) is 5.92 Å². The highest BCUT2D eigenvalue weighted by molar-refractivity contribution is 5.85. The Bertz CT molecular complexity index is 464. The van der Waals surface area contributed by atoms with Crippen LogP contribution < -0.4 is 10.6 Å². The molecule has 0 aliphatic carbocycles. The standard InChI is InChI=1S/C16H24N2O4/c1-3-12(2)14(15(20)17-9-10-19)18-16(21)22-11-13-7-5-4-6-8-13/h4-8,12,14,19H,3,9-11H2,1-2H3,(H,17,20)(H,18,21)/t12-,14-/m0/s1. The molecule has 0 saturated carbocycles. The van der Waals surface area contributed by atoms with Crippen molar-refractivity contribution in [2.75, 3.05) is 13.2 Å². The molecule has 0 radical (unpaired) electrons. The molecule has 122 valence electrons. The van der Waals surface area contributed by atoms with Crippen LogP contribution in [0.3, 0.4) is 0 Å². The third-order valence-electron chi connectivity index (χ3n) is 3.39. The molecule has 6 nitrogen and oxygen atoms in total. The molecule has 1 aromatic rings. The Balaban J connectivity index is 2.53. The Labute approximate surface area is 130 Å². The van der Waals surface area contributed by atoms with Gasteiger partial charge in [0.05, 0.1) is 6.61 Å². The van der Waals surface area contributed by atoms with Crippen LogP contribution in [0.25, 0.3) is 0 Å². The zero-order valence-corrected chi connectivity index (χ0v) is 13.0. The zero-order chi connectivity index (χ0) is 16.4. The molecule has 0 bridgehead atoms. The molecular weight excluding hydrogens is 284 g/mol. The summed E-state index contributed by atoms with van der Waals surface area (Å²) in [5.41, 5.74) is 0.877. The first-order valence-electron chi connectivity index (χ1n) is 7.44. The molecule has 1 rings (SSSR count). The van der Waals surface area contributed by atoms with Crippen molar-refractivity contribution >= 4 is 12.0 Å². The van der Waals surface area contributed by atoms with Crippen molar-refractivity contribution in [2.45, 2.75) is 32.9 Å². The predicted molar refractivity (Wildman–Crippen MR) is 83.1 cm³/mol. The maximum atomic E-state index is 12.0. The number of benzene rings is 1. The predicted octanol–water partition coefficient (Wildman–Crippen LogP) is 1.44. The van der Waals surface area contributed by atoms with E-state index in [1.54, 1.807) is 0 Å². The summed E-state index contributed by atoms with van der Waals surface area (Å²) in [7, 11) is 0. The maximum Gasteiger partial charge on any atom is 0.408 e. The molecule has 1 aromatic carbocycles. The van der Waals surface area contributed by atoms with E-state index >= 15 is 0 Å². The fourth-order valence-electron chi connectivity index (χ4n) is 1.88. The van der Waals surface area contributed by atoms with Crippen LogP contribution >= 0.6 is 0 Å². The van der Waals surface area contributed by atoms with Crippen molar-refractivity contribution in [1.29, 1.82) is 0 Å². The van der Waals surface area contributed by atoms with Crippen LogP contribution in [0.4, 0.5) is 4.79 Å². The molecule has 0 heterocycles. The molecule has 3 N–H and O–H groups in total. The lowest BCUT2D eigenvalue weighted by Crippen LogP contribution is -2.50. The van der Waals surface area contributed by atoms with E-state index < -0.39 is 12.1 Å². The molecule has 2 atom stereocenters. The second-order valence-electron chi connectivity index (χ2n) is 5.08. The molecule has 0 fully saturated rings. The number of amides is 2. The van der Waals surface area contributed by atoms with Crippen molar-refractivity contribution in [3.63, 3.8) is 0 Å². The van der Waals surface area contributed by atoms with Gasteiger partial charge in [0.1, 0.15) is 12.6 Å². The van der Waals surface area contributed by atoms with Crippen LogP contribution in [-0.4, -0.2) is 36.3 Å². The van der Waals surface area contributed by atoms with E-state index in [9.17, 15) is 9.59 Å². The molecule has 0 aliphatic heterocycles. The monoisotopic (exact) mass is 308 g/mol. The minimum atomic E-state index is -0.681. The number of ether oxygens (including phenoxy) is 1. The van der Waals surface area contributed by atoms with Gasteiger partial charge in [-0.25, -0.2) is 4.79 Å². The molecule has 6 heteroatoms. The van der Waals surface area contributed by atoms with Crippen molar-refractivity contribution in [3.05, 3.63) is 35.9 Å². The second kappa shape index (κ2) is 9.78. The molecule has 0 spiro atoms. The second-order valence-corrected chi connectivity index (χ2v) is 5.08. The van der Waals surface area contributed by atoms with Gasteiger partial charge in [0.15, 0.2) is 0 Å². The zero-order valence-electron chi connectivity index (χ0n) is 13.0. The first-order chi connectivity index (χ1) is 10.6.